The molecule has 1 N–H and O–H groups in total. The highest BCUT2D eigenvalue weighted by atomic mass is 16.3. The van der Waals surface area contributed by atoms with Gasteiger partial charge in [0.15, 0.2) is 11.6 Å². The van der Waals surface area contributed by atoms with Crippen LogP contribution in [0.4, 0.5) is 0 Å². The average Bonchev–Trinajstić information content (AvgIpc) is 2.82. The van der Waals surface area contributed by atoms with E-state index < -0.39 is 0 Å². The van der Waals surface area contributed by atoms with E-state index in [9.17, 15) is 14.7 Å². The van der Waals surface area contributed by atoms with Gasteiger partial charge in [0.2, 0.25) is 0 Å². The van der Waals surface area contributed by atoms with Crippen LogP contribution >= 0.6 is 0 Å². The molecule has 4 rings (SSSR count). The number of carbonyl (C=O) groups is 2. The molecule has 31 heavy (non-hydrogen) atoms. The van der Waals surface area contributed by atoms with E-state index in [4.69, 9.17) is 0 Å². The molecule has 0 heterocycles. The lowest BCUT2D eigenvalue weighted by atomic mass is 9.87. The molecule has 0 aliphatic carbocycles. The van der Waals surface area contributed by atoms with E-state index in [1.165, 1.54) is 0 Å². The predicted molar refractivity (Wildman–Crippen MR) is 122 cm³/mol. The topological polar surface area (TPSA) is 54.4 Å². The second-order valence-corrected chi connectivity index (χ2v) is 7.48. The Balaban J connectivity index is 1.89. The molecule has 0 bridgehead atoms. The highest BCUT2D eigenvalue weighted by molar-refractivity contribution is 6.17. The third-order valence-corrected chi connectivity index (χ3v) is 5.45. The number of phenols is 1. The molecule has 4 aromatic carbocycles. The number of phenolic OH excluding ortho intramolecular Hbond substituents is 1. The highest BCUT2D eigenvalue weighted by Gasteiger charge is 2.25. The molecule has 0 radical (unpaired) electrons. The van der Waals surface area contributed by atoms with Gasteiger partial charge in [-0.15, -0.1) is 0 Å². The van der Waals surface area contributed by atoms with E-state index in [2.05, 4.69) is 0 Å². The van der Waals surface area contributed by atoms with Crippen molar-refractivity contribution >= 4 is 11.6 Å². The smallest absolute Gasteiger partial charge is 0.197 e. The number of aromatic hydroxyl groups is 1. The van der Waals surface area contributed by atoms with Crippen molar-refractivity contribution in [3.8, 4) is 5.75 Å². The third-order valence-electron chi connectivity index (χ3n) is 5.45. The second kappa shape index (κ2) is 8.80. The van der Waals surface area contributed by atoms with Crippen LogP contribution in [0.15, 0.2) is 97.1 Å². The van der Waals surface area contributed by atoms with E-state index in [-0.39, 0.29) is 28.4 Å². The van der Waals surface area contributed by atoms with Gasteiger partial charge in [0, 0.05) is 11.1 Å². The molecule has 0 unspecified atom stereocenters. The van der Waals surface area contributed by atoms with E-state index in [0.717, 1.165) is 11.1 Å². The molecule has 0 saturated carbocycles. The van der Waals surface area contributed by atoms with Crippen LogP contribution < -0.4 is 0 Å². The number of hydrogen-bond acceptors (Lipinski definition) is 3. The van der Waals surface area contributed by atoms with E-state index in [1.807, 2.05) is 49.4 Å². The first-order chi connectivity index (χ1) is 15.1. The Morgan fingerprint density at radius 2 is 1.19 bits per heavy atom. The zero-order chi connectivity index (χ0) is 21.8. The molecule has 0 aliphatic heterocycles. The second-order valence-electron chi connectivity index (χ2n) is 7.48. The Hall–Kier alpha value is -3.98. The zero-order valence-corrected chi connectivity index (χ0v) is 17.2. The van der Waals surface area contributed by atoms with Gasteiger partial charge in [-0.05, 0) is 36.1 Å². The molecular formula is C28H22O3. The van der Waals surface area contributed by atoms with E-state index in [0.29, 0.717) is 23.1 Å². The molecule has 0 aromatic heterocycles. The van der Waals surface area contributed by atoms with Gasteiger partial charge in [-0.1, -0.05) is 91.0 Å². The summed E-state index contributed by atoms with van der Waals surface area (Å²) in [6.45, 7) is 1.82. The lowest BCUT2D eigenvalue weighted by molar-refractivity contribution is 0.103. The van der Waals surface area contributed by atoms with Crippen molar-refractivity contribution in [2.45, 2.75) is 13.3 Å². The molecular weight excluding hydrogens is 384 g/mol. The van der Waals surface area contributed by atoms with Crippen LogP contribution in [0.25, 0.3) is 0 Å². The molecule has 0 spiro atoms. The van der Waals surface area contributed by atoms with Gasteiger partial charge in [-0.3, -0.25) is 9.59 Å². The van der Waals surface area contributed by atoms with Crippen LogP contribution in [-0.4, -0.2) is 16.7 Å². The maximum Gasteiger partial charge on any atom is 0.197 e. The number of rotatable bonds is 6. The zero-order valence-electron chi connectivity index (χ0n) is 17.2. The van der Waals surface area contributed by atoms with Gasteiger partial charge in [-0.2, -0.15) is 0 Å². The van der Waals surface area contributed by atoms with Gasteiger partial charge >= 0.3 is 0 Å². The van der Waals surface area contributed by atoms with Crippen molar-refractivity contribution < 1.29 is 14.7 Å². The van der Waals surface area contributed by atoms with Crippen molar-refractivity contribution in [1.29, 1.82) is 0 Å². The SMILES string of the molecule is Cc1c(Cc2ccccc2)cc(C(=O)c2ccccc2)c(O)c1C(=O)c1ccccc1. The molecule has 0 fully saturated rings. The van der Waals surface area contributed by atoms with Crippen molar-refractivity contribution in [2.75, 3.05) is 0 Å². The normalized spacial score (nSPS) is 10.6. The van der Waals surface area contributed by atoms with Gasteiger partial charge in [0.05, 0.1) is 11.1 Å². The van der Waals surface area contributed by atoms with Crippen LogP contribution in [0, 0.1) is 6.92 Å². The van der Waals surface area contributed by atoms with Crippen LogP contribution in [-0.2, 0) is 6.42 Å². The molecule has 3 nitrogen and oxygen atoms in total. The first-order valence-corrected chi connectivity index (χ1v) is 10.1. The fourth-order valence-corrected chi connectivity index (χ4v) is 3.75. The Morgan fingerprint density at radius 3 is 1.74 bits per heavy atom. The van der Waals surface area contributed by atoms with Crippen LogP contribution in [0.2, 0.25) is 0 Å². The molecule has 152 valence electrons. The summed E-state index contributed by atoms with van der Waals surface area (Å²) in [4.78, 5) is 26.6. The summed E-state index contributed by atoms with van der Waals surface area (Å²) in [5.41, 5.74) is 3.83. The van der Waals surface area contributed by atoms with E-state index >= 15 is 0 Å². The summed E-state index contributed by atoms with van der Waals surface area (Å²) in [7, 11) is 0. The fourth-order valence-electron chi connectivity index (χ4n) is 3.75. The Kier molecular flexibility index (Phi) is 5.76. The lowest BCUT2D eigenvalue weighted by Gasteiger charge is -2.17. The maximum absolute atomic E-state index is 13.3. The number of benzene rings is 4. The maximum atomic E-state index is 13.3. The molecule has 4 aromatic rings. The van der Waals surface area contributed by atoms with Gasteiger partial charge in [-0.25, -0.2) is 0 Å². The van der Waals surface area contributed by atoms with Crippen LogP contribution in [0.5, 0.6) is 5.75 Å². The van der Waals surface area contributed by atoms with Gasteiger partial charge in [0.25, 0.3) is 0 Å². The minimum atomic E-state index is -0.311. The number of carbonyl (C=O) groups excluding carboxylic acids is 2. The summed E-state index contributed by atoms with van der Waals surface area (Å²) in [5, 5.41) is 11.1. The Bertz CT molecular complexity index is 1230. The monoisotopic (exact) mass is 406 g/mol. The van der Waals surface area contributed by atoms with Crippen LogP contribution in [0.1, 0.15) is 48.5 Å². The lowest BCUT2D eigenvalue weighted by Crippen LogP contribution is -2.12. The Labute approximate surface area is 181 Å². The molecule has 0 amide bonds. The van der Waals surface area contributed by atoms with Gasteiger partial charge < -0.3 is 5.11 Å². The number of hydrogen-bond donors (Lipinski definition) is 1. The minimum absolute atomic E-state index is 0.141. The average molecular weight is 406 g/mol. The fraction of sp³-hybridized carbons (Fsp3) is 0.0714. The van der Waals surface area contributed by atoms with Crippen molar-refractivity contribution in [1.82, 2.24) is 0 Å². The van der Waals surface area contributed by atoms with Crippen molar-refractivity contribution in [3.05, 3.63) is 136 Å². The number of ketones is 2. The first kappa shape index (κ1) is 20.3. The quantitative estimate of drug-likeness (QED) is 0.415. The molecule has 3 heteroatoms. The summed E-state index contributed by atoms with van der Waals surface area (Å²) in [6, 6.07) is 29.2. The van der Waals surface area contributed by atoms with Crippen molar-refractivity contribution in [3.63, 3.8) is 0 Å². The van der Waals surface area contributed by atoms with Gasteiger partial charge in [0.1, 0.15) is 5.75 Å². The highest BCUT2D eigenvalue weighted by Crippen LogP contribution is 2.33. The summed E-state index contributed by atoms with van der Waals surface area (Å²) >= 11 is 0. The van der Waals surface area contributed by atoms with E-state index in [1.54, 1.807) is 54.6 Å². The van der Waals surface area contributed by atoms with Crippen LogP contribution in [0.3, 0.4) is 0 Å². The molecule has 0 aliphatic rings. The Morgan fingerprint density at radius 1 is 0.710 bits per heavy atom. The molecule has 0 saturated heterocycles. The van der Waals surface area contributed by atoms with Crippen molar-refractivity contribution in [2.24, 2.45) is 0 Å². The summed E-state index contributed by atoms with van der Waals surface area (Å²) < 4.78 is 0. The first-order valence-electron chi connectivity index (χ1n) is 10.1. The summed E-state index contributed by atoms with van der Waals surface area (Å²) in [5.74, 6) is -0.876. The largest absolute Gasteiger partial charge is 0.506 e. The third kappa shape index (κ3) is 4.17. The summed E-state index contributed by atoms with van der Waals surface area (Å²) in [6.07, 6.45) is 0.553. The standard InChI is InChI=1S/C28H22O3/c1-19-23(17-20-11-5-2-6-12-20)18-24(26(29)21-13-7-3-8-14-21)28(31)25(19)27(30)22-15-9-4-10-16-22/h2-16,18,31H,17H2,1H3. The predicted octanol–water partition coefficient (Wildman–Crippen LogP) is 5.75. The molecule has 0 atom stereocenters. The minimum Gasteiger partial charge on any atom is -0.506 e.